The Balaban J connectivity index is 0. The van der Waals surface area contributed by atoms with Crippen LogP contribution in [0.25, 0.3) is 0 Å². The average molecular weight is 352 g/mol. The third-order valence-corrected chi connectivity index (χ3v) is 0. The fourth-order valence-electron chi connectivity index (χ4n) is 0. The van der Waals surface area contributed by atoms with Gasteiger partial charge in [0.25, 0.3) is 0 Å². The van der Waals surface area contributed by atoms with Crippen LogP contribution in [0.2, 0.25) is 0 Å². The van der Waals surface area contributed by atoms with Gasteiger partial charge in [-0.1, -0.05) is 0 Å². The summed E-state index contributed by atoms with van der Waals surface area (Å²) in [6.45, 7) is 0. The van der Waals surface area contributed by atoms with E-state index in [9.17, 15) is 0 Å². The van der Waals surface area contributed by atoms with Crippen molar-refractivity contribution < 1.29 is 35.7 Å². The zero-order chi connectivity index (χ0) is 0. The summed E-state index contributed by atoms with van der Waals surface area (Å²) >= 11 is 0. The van der Waals surface area contributed by atoms with Gasteiger partial charge in [0.1, 0.15) is 0 Å². The van der Waals surface area contributed by atoms with E-state index in [0.29, 0.717) is 0 Å². The summed E-state index contributed by atoms with van der Waals surface area (Å²) in [7, 11) is 0. The van der Waals surface area contributed by atoms with Gasteiger partial charge in [0.2, 0.25) is 0 Å². The van der Waals surface area contributed by atoms with E-state index < -0.39 is 0 Å². The normalized spacial score (nSPS) is 0. The molecule has 10 heavy (non-hydrogen) atoms. The first-order chi connectivity index (χ1) is 0. The van der Waals surface area contributed by atoms with E-state index in [1.807, 2.05) is 0 Å². The summed E-state index contributed by atoms with van der Waals surface area (Å²) in [5.74, 6) is 0. The van der Waals surface area contributed by atoms with Crippen LogP contribution >= 0.6 is 41.8 Å². The fraction of sp³-hybridized carbons (Fsp3) is 0. The van der Waals surface area contributed by atoms with Crippen LogP contribution in [0.15, 0.2) is 0 Å². The number of hydrogen-bond acceptors (Lipinski definition) is 0. The Labute approximate surface area is 121 Å². The molecule has 0 saturated carbocycles. The van der Waals surface area contributed by atoms with Crippen molar-refractivity contribution in [1.82, 2.24) is 0 Å². The minimum Gasteiger partial charge on any atom is -1.00 e. The largest absolute Gasteiger partial charge is 2.00 e. The predicted octanol–water partition coefficient (Wildman–Crippen LogP) is -3.68. The zero-order valence-electron chi connectivity index (χ0n) is 6.93. The van der Waals surface area contributed by atoms with Crippen molar-refractivity contribution in [3.63, 3.8) is 0 Å². The summed E-state index contributed by atoms with van der Waals surface area (Å²) in [5.41, 5.74) is 0. The molecule has 0 amide bonds. The first-order valence-corrected chi connectivity index (χ1v) is 0. The van der Waals surface area contributed by atoms with E-state index in [1.54, 1.807) is 0 Å². The standard InChI is InChI=1S/BrH.2ClH.6H2O.Sr.2H/h3*1H;6*1H2;;;/q;;;;;;;;;+2;2*-1. The van der Waals surface area contributed by atoms with Gasteiger partial charge in [-0.15, -0.1) is 41.8 Å². The summed E-state index contributed by atoms with van der Waals surface area (Å²) in [4.78, 5) is 0. The SMILES string of the molecule is Br.Cl.Cl.O.O.O.O.O.O.[H-].[H-].[Sr+2]. The van der Waals surface area contributed by atoms with Gasteiger partial charge < -0.3 is 35.7 Å². The van der Waals surface area contributed by atoms with Gasteiger partial charge in [0.15, 0.2) is 0 Å². The third kappa shape index (κ3) is 168. The Bertz CT molecular complexity index is 23.5. The van der Waals surface area contributed by atoms with Gasteiger partial charge in [-0.2, -0.15) is 0 Å². The molecule has 0 aliphatic carbocycles. The molecule has 0 aromatic rings. The van der Waals surface area contributed by atoms with Gasteiger partial charge in [-0.05, 0) is 0 Å². The average Bonchev–Trinajstić information content (AvgIpc) is 0. The smallest absolute Gasteiger partial charge is 1.00 e. The minimum atomic E-state index is 0. The first-order valence-electron chi connectivity index (χ1n) is 0. The van der Waals surface area contributed by atoms with Gasteiger partial charge in [-0.25, -0.2) is 0 Å². The molecular formula is H17BrCl2O6Sr. The molecular weight excluding hydrogens is 334 g/mol. The van der Waals surface area contributed by atoms with Gasteiger partial charge >= 0.3 is 45.5 Å². The molecule has 0 aromatic heterocycles. The van der Waals surface area contributed by atoms with Crippen molar-refractivity contribution in [3.05, 3.63) is 0 Å². The van der Waals surface area contributed by atoms with Crippen LogP contribution in [0.3, 0.4) is 0 Å². The summed E-state index contributed by atoms with van der Waals surface area (Å²) in [5, 5.41) is 0. The second-order valence-electron chi connectivity index (χ2n) is 0. The zero-order valence-corrected chi connectivity index (χ0v) is 11.8. The molecule has 0 unspecified atom stereocenters. The molecule has 0 heterocycles. The Morgan fingerprint density at radius 2 is 0.500 bits per heavy atom. The van der Waals surface area contributed by atoms with Gasteiger partial charge in [0.05, 0.1) is 0 Å². The summed E-state index contributed by atoms with van der Waals surface area (Å²) < 4.78 is 0. The monoisotopic (exact) mass is 350 g/mol. The van der Waals surface area contributed by atoms with Crippen molar-refractivity contribution in [2.75, 3.05) is 0 Å². The van der Waals surface area contributed by atoms with Crippen molar-refractivity contribution >= 4 is 87.3 Å². The van der Waals surface area contributed by atoms with E-state index in [2.05, 4.69) is 0 Å². The summed E-state index contributed by atoms with van der Waals surface area (Å²) in [6, 6.07) is 0. The van der Waals surface area contributed by atoms with Gasteiger partial charge in [-0.3, -0.25) is 0 Å². The maximum absolute atomic E-state index is 0. The minimum absolute atomic E-state index is 0. The molecule has 0 aromatic carbocycles. The Morgan fingerprint density at radius 3 is 0.500 bits per heavy atom. The number of hydrogen-bond donors (Lipinski definition) is 0. The molecule has 0 radical (unpaired) electrons. The second kappa shape index (κ2) is 227. The number of rotatable bonds is 0. The summed E-state index contributed by atoms with van der Waals surface area (Å²) in [6.07, 6.45) is 0. The van der Waals surface area contributed by atoms with Crippen LogP contribution in [0, 0.1) is 0 Å². The molecule has 0 atom stereocenters. The Kier molecular flexibility index (Phi) is 6720. The van der Waals surface area contributed by atoms with E-state index in [1.165, 1.54) is 0 Å². The first kappa shape index (κ1) is 297. The fourth-order valence-corrected chi connectivity index (χ4v) is 0. The van der Waals surface area contributed by atoms with Crippen LogP contribution in [0.5, 0.6) is 0 Å². The van der Waals surface area contributed by atoms with Crippen LogP contribution < -0.4 is 0 Å². The molecule has 0 spiro atoms. The van der Waals surface area contributed by atoms with Crippen LogP contribution in [0.4, 0.5) is 0 Å². The van der Waals surface area contributed by atoms with Crippen LogP contribution in [-0.2, 0) is 0 Å². The van der Waals surface area contributed by atoms with E-state index in [0.717, 1.165) is 0 Å². The van der Waals surface area contributed by atoms with E-state index in [-0.39, 0.29) is 123 Å². The Hall–Kier alpha value is 2.30. The predicted molar refractivity (Wildman–Crippen MR) is 54.5 cm³/mol. The second-order valence-corrected chi connectivity index (χ2v) is 0. The maximum Gasteiger partial charge on any atom is 2.00 e. The molecule has 0 aliphatic heterocycles. The molecule has 0 aliphatic rings. The molecule has 12 N–H and O–H groups in total. The molecule has 0 bridgehead atoms. The van der Waals surface area contributed by atoms with Crippen LogP contribution in [0.1, 0.15) is 2.85 Å². The van der Waals surface area contributed by atoms with Crippen LogP contribution in [-0.4, -0.2) is 78.3 Å². The third-order valence-electron chi connectivity index (χ3n) is 0. The van der Waals surface area contributed by atoms with E-state index in [4.69, 9.17) is 0 Å². The quantitative estimate of drug-likeness (QED) is 0.389. The number of halogens is 3. The molecule has 0 fully saturated rings. The van der Waals surface area contributed by atoms with Crippen molar-refractivity contribution in [3.8, 4) is 0 Å². The van der Waals surface area contributed by atoms with E-state index >= 15 is 0 Å². The molecule has 0 rings (SSSR count). The molecule has 76 valence electrons. The van der Waals surface area contributed by atoms with Crippen molar-refractivity contribution in [2.24, 2.45) is 0 Å². The molecule has 0 saturated heterocycles. The maximum atomic E-state index is 0. The Morgan fingerprint density at radius 1 is 0.500 bits per heavy atom. The topological polar surface area (TPSA) is 189 Å². The molecule has 10 heteroatoms. The van der Waals surface area contributed by atoms with Gasteiger partial charge in [0, 0.05) is 0 Å². The molecule has 6 nitrogen and oxygen atoms in total. The van der Waals surface area contributed by atoms with Crippen molar-refractivity contribution in [1.29, 1.82) is 0 Å². The van der Waals surface area contributed by atoms with Crippen molar-refractivity contribution in [2.45, 2.75) is 0 Å².